The Bertz CT molecular complexity index is 3000. The first-order valence-electron chi connectivity index (χ1n) is 36.3. The van der Waals surface area contributed by atoms with Crippen LogP contribution in [-0.2, 0) is 49.0 Å². The second kappa shape index (κ2) is 39.9. The Morgan fingerprint density at radius 1 is 0.600 bits per heavy atom. The number of benzene rings is 3. The molecule has 2 aliphatic rings. The predicted molar refractivity (Wildman–Crippen MR) is 423 cm³/mol. The van der Waals surface area contributed by atoms with Gasteiger partial charge in [0.1, 0.15) is 5.75 Å². The molecule has 10 atom stereocenters. The molecule has 0 amide bonds. The number of halogens is 5. The van der Waals surface area contributed by atoms with E-state index < -0.39 is 69.5 Å². The minimum absolute atomic E-state index is 0.0510. The van der Waals surface area contributed by atoms with E-state index in [0.29, 0.717) is 88.9 Å². The van der Waals surface area contributed by atoms with Crippen molar-refractivity contribution < 1.29 is 73.9 Å². The molecule has 572 valence electrons. The molecule has 3 aromatic carbocycles. The van der Waals surface area contributed by atoms with Gasteiger partial charge in [-0.1, -0.05) is 124 Å². The van der Waals surface area contributed by atoms with E-state index in [9.17, 15) is 27.2 Å². The van der Waals surface area contributed by atoms with Crippen LogP contribution in [0.2, 0.25) is 87.6 Å². The SMILES string of the molecule is CC(/C=C\[C@@H](C)[C@H](C)O[Si](C)(C)C(C)(C)C)[C@H]1OC(C)(C)O[C@H]1CCI.Cc1cc(OC(F)F)cc(CCC[C@@H]2OC(C)(C)O[C@@H]2C(C)CC[C@@H](C)[C@H](C)O[Si](C)(C)C(C)(C)C)c1C(=O)OCC[Si](C)(C)C.Cc1cc(OC(F)F)cc(C[Se]c2ccccc2)c1C(=O)OCC[Si](C)(C)C. The molecule has 100 heavy (non-hydrogen) atoms. The van der Waals surface area contributed by atoms with Crippen LogP contribution in [0, 0.1) is 37.5 Å². The first kappa shape index (κ1) is 91.7. The van der Waals surface area contributed by atoms with Crippen molar-refractivity contribution in [2.24, 2.45) is 23.7 Å². The molecule has 0 aromatic heterocycles. The summed E-state index contributed by atoms with van der Waals surface area (Å²) < 4.78 is 113. The molecule has 0 bridgehead atoms. The molecule has 0 saturated carbocycles. The van der Waals surface area contributed by atoms with Gasteiger partial charge in [0.15, 0.2) is 28.2 Å². The fraction of sp³-hybridized carbons (Fsp3) is 0.718. The second-order valence-electron chi connectivity index (χ2n) is 34.2. The fourth-order valence-electron chi connectivity index (χ4n) is 11.4. The molecule has 0 N–H and O–H groups in total. The maximum absolute atomic E-state index is 13.2. The molecule has 2 saturated heterocycles. The summed E-state index contributed by atoms with van der Waals surface area (Å²) in [6, 6.07) is 17.7. The van der Waals surface area contributed by atoms with E-state index >= 15 is 0 Å². The van der Waals surface area contributed by atoms with Crippen LogP contribution >= 0.6 is 22.6 Å². The molecule has 2 fully saturated rings. The Hall–Kier alpha value is -2.46. The fourth-order valence-corrected chi connectivity index (χ4v) is 18.3. The van der Waals surface area contributed by atoms with Crippen LogP contribution in [0.4, 0.5) is 17.6 Å². The molecule has 22 heteroatoms. The van der Waals surface area contributed by atoms with Crippen LogP contribution in [0.5, 0.6) is 11.5 Å². The first-order valence-corrected chi connectivity index (χ1v) is 53.1. The molecule has 2 unspecified atom stereocenters. The third-order valence-corrected chi connectivity index (χ3v) is 35.1. The Morgan fingerprint density at radius 3 is 1.49 bits per heavy atom. The van der Waals surface area contributed by atoms with Crippen molar-refractivity contribution in [2.75, 3.05) is 17.6 Å². The summed E-state index contributed by atoms with van der Waals surface area (Å²) in [5.41, 5.74) is 3.41. The summed E-state index contributed by atoms with van der Waals surface area (Å²) in [5.74, 6) is -0.454. The maximum atomic E-state index is 13.2. The van der Waals surface area contributed by atoms with E-state index in [1.54, 1.807) is 26.0 Å². The van der Waals surface area contributed by atoms with Gasteiger partial charge >= 0.3 is 185 Å². The van der Waals surface area contributed by atoms with Crippen LogP contribution in [0.15, 0.2) is 66.7 Å². The molecular weight excluding hydrogens is 1520 g/mol. The Kier molecular flexibility index (Phi) is 36.6. The van der Waals surface area contributed by atoms with Gasteiger partial charge in [0.25, 0.3) is 0 Å². The van der Waals surface area contributed by atoms with E-state index in [0.717, 1.165) is 35.8 Å². The van der Waals surface area contributed by atoms with Gasteiger partial charge in [-0.25, -0.2) is 4.79 Å². The summed E-state index contributed by atoms with van der Waals surface area (Å²) >= 11 is 2.48. The molecule has 0 spiro atoms. The number of hydrogen-bond acceptors (Lipinski definition) is 12. The van der Waals surface area contributed by atoms with Crippen molar-refractivity contribution in [3.63, 3.8) is 0 Å². The summed E-state index contributed by atoms with van der Waals surface area (Å²) in [6.45, 7) is 56.0. The molecule has 0 aliphatic carbocycles. The van der Waals surface area contributed by atoms with Crippen LogP contribution in [0.3, 0.4) is 0 Å². The van der Waals surface area contributed by atoms with E-state index in [4.69, 9.17) is 42.0 Å². The van der Waals surface area contributed by atoms with Gasteiger partial charge in [-0.3, -0.25) is 0 Å². The van der Waals surface area contributed by atoms with E-state index in [2.05, 4.69) is 188 Å². The van der Waals surface area contributed by atoms with E-state index in [-0.39, 0.29) is 79.1 Å². The van der Waals surface area contributed by atoms with Gasteiger partial charge in [-0.15, -0.1) is 0 Å². The van der Waals surface area contributed by atoms with Crippen LogP contribution in [0.25, 0.3) is 0 Å². The predicted octanol–water partition coefficient (Wildman–Crippen LogP) is 21.6. The van der Waals surface area contributed by atoms with Gasteiger partial charge in [0, 0.05) is 30.6 Å². The molecule has 0 radical (unpaired) electrons. The van der Waals surface area contributed by atoms with Crippen LogP contribution < -0.4 is 13.9 Å². The van der Waals surface area contributed by atoms with Crippen LogP contribution in [-0.4, -0.2) is 139 Å². The van der Waals surface area contributed by atoms with Crippen molar-refractivity contribution in [1.82, 2.24) is 0 Å². The summed E-state index contributed by atoms with van der Waals surface area (Å²) in [4.78, 5) is 25.9. The summed E-state index contributed by atoms with van der Waals surface area (Å²) in [5, 5.41) is 1.01. The van der Waals surface area contributed by atoms with E-state index in [1.807, 2.05) is 58.0 Å². The van der Waals surface area contributed by atoms with Gasteiger partial charge in [0.2, 0.25) is 0 Å². The van der Waals surface area contributed by atoms with Gasteiger partial charge in [0.05, 0.1) is 36.6 Å². The molecular formula is C78H131F4IO12SeSi4. The van der Waals surface area contributed by atoms with Crippen molar-refractivity contribution in [1.29, 1.82) is 0 Å². The molecule has 2 heterocycles. The molecule has 2 aliphatic heterocycles. The zero-order valence-electron chi connectivity index (χ0n) is 66.5. The Morgan fingerprint density at radius 2 is 1.04 bits per heavy atom. The first-order chi connectivity index (χ1) is 45.8. The van der Waals surface area contributed by atoms with Crippen LogP contribution in [0.1, 0.15) is 186 Å². The number of carbonyl (C=O) groups excluding carboxylic acids is 2. The number of ether oxygens (including phenoxy) is 8. The van der Waals surface area contributed by atoms with Crippen molar-refractivity contribution >= 4 is 86.7 Å². The third kappa shape index (κ3) is 31.9. The van der Waals surface area contributed by atoms with Crippen molar-refractivity contribution in [3.8, 4) is 11.5 Å². The average molecular weight is 1660 g/mol. The molecule has 3 aromatic rings. The number of aryl methyl sites for hydroxylation is 3. The molecule has 5 rings (SSSR count). The van der Waals surface area contributed by atoms with Gasteiger partial charge in [-0.2, -0.15) is 8.78 Å². The van der Waals surface area contributed by atoms with Crippen molar-refractivity contribution in [3.05, 3.63) is 100 Å². The quantitative estimate of drug-likeness (QED) is 0.0141. The summed E-state index contributed by atoms with van der Waals surface area (Å²) in [6.07, 6.45) is 10.1. The van der Waals surface area contributed by atoms with Crippen molar-refractivity contribution in [2.45, 2.75) is 318 Å². The third-order valence-electron chi connectivity index (χ3n) is 19.7. The number of alkyl halides is 5. The number of carbonyl (C=O) groups is 2. The number of rotatable bonds is 34. The second-order valence-corrected chi connectivity index (χ2v) is 58.3. The number of hydrogen-bond donors (Lipinski definition) is 0. The zero-order valence-corrected chi connectivity index (χ0v) is 74.3. The standard InChI is InChI=1S/C36H64F2O6Si2.C21H26F2O3SeSi.C21H41IO3Si/c1-24(27(4)44-46(13,14)35(5,6)7)18-19-25(2)32-30(42-36(8,9)43-32)17-15-16-28-23-29(41-34(37)38)22-26(3)31(28)33(39)40-20-21-45(10,11)12;1-15-12-17(26-21(22)23)13-16(14-27-18-8-6-5-7-9-18)19(15)20(24)25-10-11-28(2,3)4;1-15(17(3)25-26(9,10)20(4,5)6)11-12-16(2)19-18(13-14-22)23-21(7,8)24-19/h22-25,27,30,32,34H,15-21H2,1-14H3;5-9,12-13,21H,10-11,14H2,1-4H3;11-12,15-19H,13-14H2,1-10H3/b;;12-11-/t24-,25?,27+,30+,32-;;15-,16?,17+,18+,19-/m1.1/s1. The van der Waals surface area contributed by atoms with Gasteiger partial charge in [-0.05, 0) is 170 Å². The average Bonchev–Trinajstić information content (AvgIpc) is 1.28. The van der Waals surface area contributed by atoms with Gasteiger partial charge < -0.3 is 37.3 Å². The Balaban J connectivity index is 0.000000414. The zero-order chi connectivity index (χ0) is 76.3. The Labute approximate surface area is 626 Å². The number of esters is 2. The summed E-state index contributed by atoms with van der Waals surface area (Å²) in [7, 11) is -6.28. The van der Waals surface area contributed by atoms with E-state index in [1.165, 1.54) is 16.6 Å². The monoisotopic (exact) mass is 1650 g/mol. The topological polar surface area (TPSA) is 126 Å². The minimum atomic E-state index is -2.94. The molecule has 12 nitrogen and oxygen atoms in total. The normalized spacial score (nSPS) is 20.0.